The third-order valence-electron chi connectivity index (χ3n) is 2.62. The van der Waals surface area contributed by atoms with Crippen molar-refractivity contribution in [3.8, 4) is 5.75 Å². The first-order valence-electron chi connectivity index (χ1n) is 5.22. The molecule has 1 aliphatic rings. The summed E-state index contributed by atoms with van der Waals surface area (Å²) in [5.41, 5.74) is 0.738. The summed E-state index contributed by atoms with van der Waals surface area (Å²) in [5.74, 6) is -0.274. The lowest BCUT2D eigenvalue weighted by Gasteiger charge is -2.12. The van der Waals surface area contributed by atoms with Crippen LogP contribution >= 0.6 is 0 Å². The number of hydrogen-bond acceptors (Lipinski definition) is 2. The first kappa shape index (κ1) is 12.5. The summed E-state index contributed by atoms with van der Waals surface area (Å²) in [6, 6.07) is 5.06. The average Bonchev–Trinajstić information content (AvgIpc) is 2.58. The first-order valence-corrected chi connectivity index (χ1v) is 5.22. The number of ether oxygens (including phenoxy) is 1. The van der Waals surface area contributed by atoms with E-state index in [0.717, 1.165) is 5.56 Å². The van der Waals surface area contributed by atoms with Crippen molar-refractivity contribution < 1.29 is 22.7 Å². The van der Waals surface area contributed by atoms with Gasteiger partial charge in [0.05, 0.1) is 6.04 Å². The number of halogens is 3. The molecule has 1 fully saturated rings. The maximum absolute atomic E-state index is 12.0. The Morgan fingerprint density at radius 2 is 1.94 bits per heavy atom. The van der Waals surface area contributed by atoms with Crippen molar-refractivity contribution in [1.29, 1.82) is 0 Å². The van der Waals surface area contributed by atoms with Gasteiger partial charge in [-0.2, -0.15) is 0 Å². The van der Waals surface area contributed by atoms with Gasteiger partial charge in [0.25, 0.3) is 0 Å². The molecule has 2 amide bonds. The van der Waals surface area contributed by atoms with Crippen LogP contribution in [0.3, 0.4) is 0 Å². The molecule has 1 aromatic rings. The Bertz CT molecular complexity index is 445. The second-order valence-electron chi connectivity index (χ2n) is 4.00. The lowest BCUT2D eigenvalue weighted by molar-refractivity contribution is -0.274. The van der Waals surface area contributed by atoms with E-state index in [2.05, 4.69) is 10.1 Å². The molecule has 0 aromatic heterocycles. The largest absolute Gasteiger partial charge is 0.573 e. The van der Waals surface area contributed by atoms with E-state index in [-0.39, 0.29) is 17.8 Å². The standard InChI is InChI=1S/C11H11F3N2O2/c1-16-6-9(15-10(16)17)7-2-4-8(5-3-7)18-11(12,13)14/h2-5,9H,6H2,1H3,(H,15,17). The van der Waals surface area contributed by atoms with Crippen LogP contribution in [0.25, 0.3) is 0 Å². The zero-order valence-corrected chi connectivity index (χ0v) is 9.49. The minimum absolute atomic E-state index is 0.199. The fourth-order valence-corrected chi connectivity index (χ4v) is 1.75. The molecule has 0 spiro atoms. The van der Waals surface area contributed by atoms with Crippen LogP contribution in [-0.4, -0.2) is 30.9 Å². The third kappa shape index (κ3) is 2.85. The molecule has 2 rings (SSSR count). The van der Waals surface area contributed by atoms with Gasteiger partial charge in [0.2, 0.25) is 0 Å². The number of benzene rings is 1. The van der Waals surface area contributed by atoms with E-state index in [1.165, 1.54) is 29.2 Å². The van der Waals surface area contributed by atoms with Gasteiger partial charge in [0, 0.05) is 13.6 Å². The number of rotatable bonds is 2. The molecular weight excluding hydrogens is 249 g/mol. The van der Waals surface area contributed by atoms with Crippen LogP contribution < -0.4 is 10.1 Å². The molecule has 0 aliphatic carbocycles. The molecule has 1 unspecified atom stereocenters. The Kier molecular flexibility index (Phi) is 3.06. The molecule has 0 saturated carbocycles. The summed E-state index contributed by atoms with van der Waals surface area (Å²) in [6.45, 7) is 0.484. The lowest BCUT2D eigenvalue weighted by Crippen LogP contribution is -2.23. The highest BCUT2D eigenvalue weighted by Gasteiger charge is 2.31. The molecule has 0 bridgehead atoms. The molecule has 4 nitrogen and oxygen atoms in total. The number of nitrogens with one attached hydrogen (secondary N) is 1. The molecule has 7 heteroatoms. The zero-order chi connectivity index (χ0) is 13.3. The van der Waals surface area contributed by atoms with Crippen molar-refractivity contribution in [3.05, 3.63) is 29.8 Å². The minimum Gasteiger partial charge on any atom is -0.406 e. The topological polar surface area (TPSA) is 41.6 Å². The van der Waals surface area contributed by atoms with E-state index < -0.39 is 6.36 Å². The van der Waals surface area contributed by atoms with Crippen molar-refractivity contribution in [3.63, 3.8) is 0 Å². The predicted molar refractivity (Wildman–Crippen MR) is 57.0 cm³/mol. The van der Waals surface area contributed by atoms with E-state index in [1.54, 1.807) is 7.05 Å². The summed E-state index contributed by atoms with van der Waals surface area (Å²) in [6.07, 6.45) is -4.69. The van der Waals surface area contributed by atoms with E-state index >= 15 is 0 Å². The highest BCUT2D eigenvalue weighted by atomic mass is 19.4. The van der Waals surface area contributed by atoms with Crippen molar-refractivity contribution in [1.82, 2.24) is 10.2 Å². The van der Waals surface area contributed by atoms with Gasteiger partial charge in [-0.25, -0.2) is 4.79 Å². The third-order valence-corrected chi connectivity index (χ3v) is 2.62. The molecule has 1 heterocycles. The SMILES string of the molecule is CN1CC(c2ccc(OC(F)(F)F)cc2)NC1=O. The lowest BCUT2D eigenvalue weighted by atomic mass is 10.1. The van der Waals surface area contributed by atoms with Crippen molar-refractivity contribution in [2.75, 3.05) is 13.6 Å². The molecule has 18 heavy (non-hydrogen) atoms. The van der Waals surface area contributed by atoms with Crippen molar-refractivity contribution in [2.45, 2.75) is 12.4 Å². The van der Waals surface area contributed by atoms with Crippen molar-refractivity contribution >= 4 is 6.03 Å². The van der Waals surface area contributed by atoms with Crippen LogP contribution in [0.2, 0.25) is 0 Å². The quantitative estimate of drug-likeness (QED) is 0.886. The summed E-state index contributed by atoms with van der Waals surface area (Å²) < 4.78 is 39.6. The fraction of sp³-hybridized carbons (Fsp3) is 0.364. The summed E-state index contributed by atoms with van der Waals surface area (Å²) in [4.78, 5) is 12.8. The van der Waals surface area contributed by atoms with Crippen LogP contribution in [0.15, 0.2) is 24.3 Å². The van der Waals surface area contributed by atoms with Crippen LogP contribution in [0.4, 0.5) is 18.0 Å². The van der Waals surface area contributed by atoms with Crippen LogP contribution in [0.1, 0.15) is 11.6 Å². The second-order valence-corrected chi connectivity index (χ2v) is 4.00. The van der Waals surface area contributed by atoms with Crippen LogP contribution in [-0.2, 0) is 0 Å². The number of amides is 2. The summed E-state index contributed by atoms with van der Waals surface area (Å²) in [7, 11) is 1.65. The Labute approximate surface area is 101 Å². The van der Waals surface area contributed by atoms with E-state index in [4.69, 9.17) is 0 Å². The van der Waals surface area contributed by atoms with Crippen LogP contribution in [0.5, 0.6) is 5.75 Å². The molecule has 1 aromatic carbocycles. The Hall–Kier alpha value is -1.92. The fourth-order valence-electron chi connectivity index (χ4n) is 1.75. The van der Waals surface area contributed by atoms with Gasteiger partial charge in [-0.1, -0.05) is 12.1 Å². The summed E-state index contributed by atoms with van der Waals surface area (Å²) in [5, 5.41) is 2.71. The molecule has 1 atom stereocenters. The molecule has 0 radical (unpaired) electrons. The van der Waals surface area contributed by atoms with Gasteiger partial charge >= 0.3 is 12.4 Å². The van der Waals surface area contributed by atoms with E-state index in [9.17, 15) is 18.0 Å². The smallest absolute Gasteiger partial charge is 0.406 e. The number of likely N-dealkylation sites (N-methyl/N-ethyl adjacent to an activating group) is 1. The van der Waals surface area contributed by atoms with Gasteiger partial charge in [-0.05, 0) is 17.7 Å². The summed E-state index contributed by atoms with van der Waals surface area (Å²) >= 11 is 0. The van der Waals surface area contributed by atoms with Crippen molar-refractivity contribution in [2.24, 2.45) is 0 Å². The number of urea groups is 1. The predicted octanol–water partition coefficient (Wildman–Crippen LogP) is 2.28. The maximum Gasteiger partial charge on any atom is 0.573 e. The highest BCUT2D eigenvalue weighted by molar-refractivity contribution is 5.76. The molecule has 98 valence electrons. The molecule has 1 aliphatic heterocycles. The Balaban J connectivity index is 2.07. The van der Waals surface area contributed by atoms with Gasteiger partial charge in [-0.3, -0.25) is 0 Å². The number of carbonyl (C=O) groups excluding carboxylic acids is 1. The molecular formula is C11H11F3N2O2. The average molecular weight is 260 g/mol. The van der Waals surface area contributed by atoms with Gasteiger partial charge in [0.1, 0.15) is 5.75 Å². The van der Waals surface area contributed by atoms with Gasteiger partial charge < -0.3 is 15.0 Å². The number of carbonyl (C=O) groups is 1. The monoisotopic (exact) mass is 260 g/mol. The Morgan fingerprint density at radius 3 is 2.39 bits per heavy atom. The number of hydrogen-bond donors (Lipinski definition) is 1. The minimum atomic E-state index is -4.69. The highest BCUT2D eigenvalue weighted by Crippen LogP contribution is 2.25. The normalized spacial score (nSPS) is 19.9. The first-order chi connectivity index (χ1) is 8.35. The Morgan fingerprint density at radius 1 is 1.33 bits per heavy atom. The maximum atomic E-state index is 12.0. The van der Waals surface area contributed by atoms with Gasteiger partial charge in [0.15, 0.2) is 0 Å². The molecule has 1 saturated heterocycles. The van der Waals surface area contributed by atoms with E-state index in [0.29, 0.717) is 6.54 Å². The molecule has 1 N–H and O–H groups in total. The van der Waals surface area contributed by atoms with Gasteiger partial charge in [-0.15, -0.1) is 13.2 Å². The van der Waals surface area contributed by atoms with E-state index in [1.807, 2.05) is 0 Å². The second kappa shape index (κ2) is 4.40. The number of nitrogens with zero attached hydrogens (tertiary/aromatic N) is 1. The number of alkyl halides is 3. The zero-order valence-electron chi connectivity index (χ0n) is 9.49. The van der Waals surface area contributed by atoms with Crippen LogP contribution in [0, 0.1) is 0 Å².